The zero-order chi connectivity index (χ0) is 17.9. The molecule has 0 amide bonds. The third-order valence-corrected chi connectivity index (χ3v) is 4.71. The summed E-state index contributed by atoms with van der Waals surface area (Å²) in [5.41, 5.74) is 2.65. The van der Waals surface area contributed by atoms with Gasteiger partial charge in [0.1, 0.15) is 11.6 Å². The molecule has 0 unspecified atom stereocenters. The lowest BCUT2D eigenvalue weighted by molar-refractivity contribution is 0.373. The van der Waals surface area contributed by atoms with E-state index in [1.807, 2.05) is 41.8 Å². The van der Waals surface area contributed by atoms with E-state index in [1.165, 1.54) is 23.2 Å². The molecule has 0 aliphatic heterocycles. The van der Waals surface area contributed by atoms with E-state index >= 15 is 0 Å². The first-order valence-corrected chi connectivity index (χ1v) is 8.76. The third kappa shape index (κ3) is 3.27. The van der Waals surface area contributed by atoms with Crippen LogP contribution in [-0.4, -0.2) is 37.4 Å². The zero-order valence-corrected chi connectivity index (χ0v) is 14.7. The fourth-order valence-corrected chi connectivity index (χ4v) is 3.29. The normalized spacial score (nSPS) is 10.8. The van der Waals surface area contributed by atoms with Gasteiger partial charge < -0.3 is 9.84 Å². The minimum Gasteiger partial charge on any atom is -0.504 e. The molecule has 0 saturated carbocycles. The van der Waals surface area contributed by atoms with Crippen molar-refractivity contribution in [2.75, 3.05) is 7.11 Å². The highest BCUT2D eigenvalue weighted by Gasteiger charge is 2.11. The van der Waals surface area contributed by atoms with Crippen molar-refractivity contribution < 1.29 is 9.84 Å². The van der Waals surface area contributed by atoms with E-state index in [4.69, 9.17) is 4.74 Å². The van der Waals surface area contributed by atoms with Crippen molar-refractivity contribution in [3.63, 3.8) is 0 Å². The summed E-state index contributed by atoms with van der Waals surface area (Å²) in [6.45, 7) is 0.436. The SMILES string of the molecule is COc1cc(-c2nc(Cn3nnc(-c4ccccc4)n3)cs2)ccc1O. The van der Waals surface area contributed by atoms with Crippen LogP contribution < -0.4 is 4.74 Å². The predicted octanol–water partition coefficient (Wildman–Crippen LogP) is 3.23. The average Bonchev–Trinajstić information content (AvgIpc) is 3.33. The van der Waals surface area contributed by atoms with E-state index in [1.54, 1.807) is 12.1 Å². The van der Waals surface area contributed by atoms with Crippen LogP contribution in [0.4, 0.5) is 0 Å². The highest BCUT2D eigenvalue weighted by molar-refractivity contribution is 7.13. The molecule has 0 saturated heterocycles. The Labute approximate surface area is 153 Å². The Kier molecular flexibility index (Phi) is 4.32. The molecular formula is C18H15N5O2S. The predicted molar refractivity (Wildman–Crippen MR) is 98.1 cm³/mol. The van der Waals surface area contributed by atoms with Gasteiger partial charge in [0.2, 0.25) is 5.82 Å². The minimum absolute atomic E-state index is 0.105. The topological polar surface area (TPSA) is 86.0 Å². The Morgan fingerprint density at radius 2 is 1.96 bits per heavy atom. The minimum atomic E-state index is 0.105. The lowest BCUT2D eigenvalue weighted by Gasteiger charge is -2.04. The number of phenols is 1. The number of thiazole rings is 1. The van der Waals surface area contributed by atoms with E-state index in [2.05, 4.69) is 20.4 Å². The smallest absolute Gasteiger partial charge is 0.204 e. The van der Waals surface area contributed by atoms with Gasteiger partial charge in [-0.25, -0.2) is 4.98 Å². The van der Waals surface area contributed by atoms with E-state index in [0.717, 1.165) is 21.8 Å². The van der Waals surface area contributed by atoms with Crippen LogP contribution >= 0.6 is 11.3 Å². The lowest BCUT2D eigenvalue weighted by atomic mass is 10.2. The van der Waals surface area contributed by atoms with Crippen LogP contribution in [0.1, 0.15) is 5.69 Å². The van der Waals surface area contributed by atoms with Crippen LogP contribution in [0, 0.1) is 0 Å². The van der Waals surface area contributed by atoms with Crippen molar-refractivity contribution in [3.05, 3.63) is 59.6 Å². The first-order chi connectivity index (χ1) is 12.7. The highest BCUT2D eigenvalue weighted by atomic mass is 32.1. The Morgan fingerprint density at radius 1 is 1.12 bits per heavy atom. The number of methoxy groups -OCH3 is 1. The van der Waals surface area contributed by atoms with Gasteiger partial charge in [-0.2, -0.15) is 4.80 Å². The Morgan fingerprint density at radius 3 is 2.77 bits per heavy atom. The summed E-state index contributed by atoms with van der Waals surface area (Å²) in [4.78, 5) is 6.14. The van der Waals surface area contributed by atoms with Gasteiger partial charge in [0.15, 0.2) is 11.5 Å². The zero-order valence-electron chi connectivity index (χ0n) is 13.9. The Bertz CT molecular complexity index is 1030. The van der Waals surface area contributed by atoms with Gasteiger partial charge in [0.25, 0.3) is 0 Å². The van der Waals surface area contributed by atoms with Crippen LogP contribution in [0.25, 0.3) is 22.0 Å². The van der Waals surface area contributed by atoms with Gasteiger partial charge >= 0.3 is 0 Å². The maximum Gasteiger partial charge on any atom is 0.204 e. The molecule has 7 nitrogen and oxygen atoms in total. The van der Waals surface area contributed by atoms with Crippen molar-refractivity contribution in [1.82, 2.24) is 25.2 Å². The van der Waals surface area contributed by atoms with E-state index in [0.29, 0.717) is 18.1 Å². The second-order valence-corrected chi connectivity index (χ2v) is 6.40. The van der Waals surface area contributed by atoms with Gasteiger partial charge in [0, 0.05) is 16.5 Å². The molecule has 8 heteroatoms. The van der Waals surface area contributed by atoms with Gasteiger partial charge in [-0.15, -0.1) is 21.5 Å². The fourth-order valence-electron chi connectivity index (χ4n) is 2.48. The number of tetrazole rings is 1. The summed E-state index contributed by atoms with van der Waals surface area (Å²) in [6.07, 6.45) is 0. The van der Waals surface area contributed by atoms with Gasteiger partial charge in [0.05, 0.1) is 12.8 Å². The van der Waals surface area contributed by atoms with Crippen LogP contribution in [0.3, 0.4) is 0 Å². The maximum atomic E-state index is 9.71. The molecule has 2 heterocycles. The summed E-state index contributed by atoms with van der Waals surface area (Å²) in [6, 6.07) is 14.9. The van der Waals surface area contributed by atoms with Crippen molar-refractivity contribution in [1.29, 1.82) is 0 Å². The maximum absolute atomic E-state index is 9.71. The average molecular weight is 365 g/mol. The molecule has 26 heavy (non-hydrogen) atoms. The monoisotopic (exact) mass is 365 g/mol. The first kappa shape index (κ1) is 16.2. The van der Waals surface area contributed by atoms with Crippen LogP contribution in [0.15, 0.2) is 53.9 Å². The number of ether oxygens (including phenoxy) is 1. The molecular weight excluding hydrogens is 350 g/mol. The molecule has 130 valence electrons. The molecule has 4 rings (SSSR count). The largest absolute Gasteiger partial charge is 0.504 e. The van der Waals surface area contributed by atoms with Crippen molar-refractivity contribution in [2.45, 2.75) is 6.54 Å². The molecule has 0 fully saturated rings. The van der Waals surface area contributed by atoms with E-state index in [9.17, 15) is 5.11 Å². The van der Waals surface area contributed by atoms with Crippen molar-refractivity contribution in [2.24, 2.45) is 0 Å². The van der Waals surface area contributed by atoms with Crippen LogP contribution in [-0.2, 0) is 6.54 Å². The van der Waals surface area contributed by atoms with Crippen LogP contribution in [0.2, 0.25) is 0 Å². The number of aromatic hydroxyl groups is 1. The summed E-state index contributed by atoms with van der Waals surface area (Å²) < 4.78 is 5.15. The third-order valence-electron chi connectivity index (χ3n) is 3.77. The van der Waals surface area contributed by atoms with Crippen LogP contribution in [0.5, 0.6) is 11.5 Å². The first-order valence-electron chi connectivity index (χ1n) is 7.88. The molecule has 2 aromatic heterocycles. The number of benzene rings is 2. The van der Waals surface area contributed by atoms with E-state index in [-0.39, 0.29) is 5.75 Å². The molecule has 0 bridgehead atoms. The molecule has 0 aliphatic carbocycles. The Balaban J connectivity index is 1.53. The molecule has 1 N–H and O–H groups in total. The van der Waals surface area contributed by atoms with Gasteiger partial charge in [-0.1, -0.05) is 30.3 Å². The lowest BCUT2D eigenvalue weighted by Crippen LogP contribution is -2.04. The molecule has 2 aromatic carbocycles. The molecule has 0 radical (unpaired) electrons. The summed E-state index contributed by atoms with van der Waals surface area (Å²) in [7, 11) is 1.52. The van der Waals surface area contributed by atoms with Gasteiger partial charge in [-0.05, 0) is 23.4 Å². The fraction of sp³-hybridized carbons (Fsp3) is 0.111. The molecule has 0 aliphatic rings. The standard InChI is InChI=1S/C18H15N5O2S/c1-25-16-9-13(7-8-15(16)24)18-19-14(11-26-18)10-23-21-17(20-22-23)12-5-3-2-4-6-12/h2-9,11,24H,10H2,1H3. The summed E-state index contributed by atoms with van der Waals surface area (Å²) in [5, 5.41) is 25.1. The number of hydrogen-bond acceptors (Lipinski definition) is 7. The highest BCUT2D eigenvalue weighted by Crippen LogP contribution is 2.32. The number of hydrogen-bond donors (Lipinski definition) is 1. The summed E-state index contributed by atoms with van der Waals surface area (Å²) >= 11 is 1.51. The number of aromatic nitrogens is 5. The quantitative estimate of drug-likeness (QED) is 0.584. The summed E-state index contributed by atoms with van der Waals surface area (Å²) in [5.74, 6) is 1.11. The van der Waals surface area contributed by atoms with E-state index < -0.39 is 0 Å². The van der Waals surface area contributed by atoms with Crippen molar-refractivity contribution in [3.8, 4) is 33.5 Å². The molecule has 4 aromatic rings. The molecule has 0 atom stereocenters. The van der Waals surface area contributed by atoms with Crippen molar-refractivity contribution >= 4 is 11.3 Å². The Hall–Kier alpha value is -3.26. The second-order valence-electron chi connectivity index (χ2n) is 5.54. The second kappa shape index (κ2) is 6.93. The number of rotatable bonds is 5. The molecule has 0 spiro atoms. The number of nitrogens with zero attached hydrogens (tertiary/aromatic N) is 5. The van der Waals surface area contributed by atoms with Gasteiger partial charge in [-0.3, -0.25) is 0 Å². The number of phenolic OH excluding ortho intramolecular Hbond substituents is 1.